The highest BCUT2D eigenvalue weighted by atomic mass is 35.5. The lowest BCUT2D eigenvalue weighted by atomic mass is 9.83. The van der Waals surface area contributed by atoms with Gasteiger partial charge in [0.15, 0.2) is 34.9 Å². The number of aryl methyl sites for hydroxylation is 2. The molecule has 0 heterocycles. The fourth-order valence-corrected chi connectivity index (χ4v) is 6.23. The van der Waals surface area contributed by atoms with E-state index in [9.17, 15) is 13.2 Å². The second-order valence-corrected chi connectivity index (χ2v) is 10.6. The number of rotatable bonds is 3. The van der Waals surface area contributed by atoms with Crippen molar-refractivity contribution in [2.45, 2.75) is 13.8 Å². The summed E-state index contributed by atoms with van der Waals surface area (Å²) < 4.78 is 105. The van der Waals surface area contributed by atoms with Gasteiger partial charge in [0.2, 0.25) is 0 Å². The second-order valence-electron chi connectivity index (χ2n) is 8.79. The van der Waals surface area contributed by atoms with Crippen molar-refractivity contribution in [3.63, 3.8) is 0 Å². The highest BCUT2D eigenvalue weighted by molar-refractivity contribution is 7.02. The average Bonchev–Trinajstić information content (AvgIpc) is 2.89. The molecule has 37 heavy (non-hydrogen) atoms. The predicted molar refractivity (Wildman–Crippen MR) is 133 cm³/mol. The quantitative estimate of drug-likeness (QED) is 0.0705. The molecule has 0 saturated carbocycles. The Kier molecular flexibility index (Phi) is 6.62. The molecule has 0 saturated heterocycles. The van der Waals surface area contributed by atoms with Crippen LogP contribution in [0.3, 0.4) is 0 Å². The molecule has 0 aliphatic rings. The zero-order valence-corrected chi connectivity index (χ0v) is 21.5. The molecule has 5 rings (SSSR count). The summed E-state index contributed by atoms with van der Waals surface area (Å²) in [7, 11) is 6.13. The summed E-state index contributed by atoms with van der Waals surface area (Å²) in [6.45, 7) is 3.57. The Balaban J connectivity index is 2.24. The highest BCUT2D eigenvalue weighted by Gasteiger charge is 2.32. The molecule has 0 aromatic heterocycles. The molecule has 0 amide bonds. The monoisotopic (exact) mass is 542 g/mol. The first-order chi connectivity index (χ1) is 17.6. The third-order valence-electron chi connectivity index (χ3n) is 6.50. The molecule has 0 atom stereocenters. The van der Waals surface area contributed by atoms with Crippen molar-refractivity contribution < 1.29 is 30.7 Å². The summed E-state index contributed by atoms with van der Waals surface area (Å²) in [5.74, 6) is -13.4. The van der Waals surface area contributed by atoms with Crippen LogP contribution in [0.5, 0.6) is 0 Å². The smallest absolute Gasteiger partial charge is 0.335 e. The standard InChI is InChI=1S/C28H14F7.ClH.Mg/c1-12-3-7-14(8-4-12)18-16-11-17(29)23(30)24(31)20(16)22-21(25(32)27(34)28(35)26(22)33)19(18)15-9-5-13(2)6-10-15;;/h3-10H,1-2H3;1H;/q;;+1/p-1. The van der Waals surface area contributed by atoms with Gasteiger partial charge < -0.3 is 9.07 Å². The Morgan fingerprint density at radius 3 is 1.24 bits per heavy atom. The summed E-state index contributed by atoms with van der Waals surface area (Å²) in [5, 5.41) is -3.04. The number of benzene rings is 5. The second kappa shape index (κ2) is 9.49. The van der Waals surface area contributed by atoms with Crippen LogP contribution in [-0.2, 0) is 0 Å². The Bertz CT molecular complexity index is 1730. The molecule has 5 aromatic rings. The molecule has 0 fully saturated rings. The highest BCUT2D eigenvalue weighted by Crippen LogP contribution is 2.47. The third kappa shape index (κ3) is 3.88. The van der Waals surface area contributed by atoms with Crippen molar-refractivity contribution in [3.05, 3.63) is 100 Å². The van der Waals surface area contributed by atoms with E-state index in [1.165, 1.54) is 0 Å². The zero-order chi connectivity index (χ0) is 26.8. The molecular formula is C28H14ClF7Mg. The topological polar surface area (TPSA) is 0 Å². The molecule has 184 valence electrons. The number of hydrogen-bond acceptors (Lipinski definition) is 0. The van der Waals surface area contributed by atoms with E-state index in [1.54, 1.807) is 62.4 Å². The van der Waals surface area contributed by atoms with Gasteiger partial charge in [-0.15, -0.1) is 0 Å². The predicted octanol–water partition coefficient (Wildman–Crippen LogP) is 8.40. The van der Waals surface area contributed by atoms with Gasteiger partial charge >= 0.3 is 19.3 Å². The van der Waals surface area contributed by atoms with Crippen LogP contribution >= 0.6 is 9.07 Å². The maximum Gasteiger partial charge on any atom is 0.543 e. The molecule has 0 bridgehead atoms. The van der Waals surface area contributed by atoms with Crippen LogP contribution in [0.1, 0.15) is 11.1 Å². The van der Waals surface area contributed by atoms with Gasteiger partial charge in [-0.25, -0.2) is 30.7 Å². The first-order valence-electron chi connectivity index (χ1n) is 11.1. The van der Waals surface area contributed by atoms with Crippen molar-refractivity contribution in [2.24, 2.45) is 0 Å². The van der Waals surface area contributed by atoms with Gasteiger partial charge in [-0.1, -0.05) is 63.4 Å². The van der Waals surface area contributed by atoms with E-state index in [2.05, 4.69) is 0 Å². The normalized spacial score (nSPS) is 11.4. The van der Waals surface area contributed by atoms with E-state index in [0.29, 0.717) is 5.56 Å². The summed E-state index contributed by atoms with van der Waals surface area (Å²) in [6, 6.07) is 12.9. The first-order valence-corrected chi connectivity index (χ1v) is 13.9. The molecule has 0 radical (unpaired) electrons. The average molecular weight is 543 g/mol. The minimum Gasteiger partial charge on any atom is -0.335 e. The van der Waals surface area contributed by atoms with E-state index in [4.69, 9.17) is 9.07 Å². The van der Waals surface area contributed by atoms with E-state index >= 15 is 17.6 Å². The maximum absolute atomic E-state index is 15.6. The van der Waals surface area contributed by atoms with Crippen LogP contribution in [0.2, 0.25) is 0 Å². The van der Waals surface area contributed by atoms with Crippen molar-refractivity contribution in [1.29, 1.82) is 0 Å². The lowest BCUT2D eigenvalue weighted by Crippen LogP contribution is -2.21. The van der Waals surface area contributed by atoms with E-state index < -0.39 is 79.8 Å². The summed E-state index contributed by atoms with van der Waals surface area (Å²) in [6.07, 6.45) is 0. The van der Waals surface area contributed by atoms with Crippen LogP contribution in [0.15, 0.2) is 48.5 Å². The molecule has 0 spiro atoms. The van der Waals surface area contributed by atoms with Gasteiger partial charge in [0.25, 0.3) is 0 Å². The molecule has 0 nitrogen and oxygen atoms in total. The lowest BCUT2D eigenvalue weighted by molar-refractivity contribution is 0.418. The molecule has 9 heteroatoms. The Labute approximate surface area is 220 Å². The van der Waals surface area contributed by atoms with Gasteiger partial charge in [0, 0.05) is 21.7 Å². The molecule has 5 aromatic carbocycles. The lowest BCUT2D eigenvalue weighted by Gasteiger charge is -2.23. The Hall–Kier alpha value is -2.81. The Morgan fingerprint density at radius 1 is 0.459 bits per heavy atom. The number of fused-ring (bicyclic) bond motifs is 3. The SMILES string of the molecule is Cc1ccc(-c2c(-c3ccc(C)cc3)c3[c]([Mg][Cl])c(F)c(F)c(F)c3c3c(F)c(F)c(F)c(F)c23)cc1. The van der Waals surface area contributed by atoms with Crippen LogP contribution in [0, 0.1) is 54.6 Å². The van der Waals surface area contributed by atoms with Gasteiger partial charge in [0.1, 0.15) is 5.82 Å². The van der Waals surface area contributed by atoms with E-state index in [-0.39, 0.29) is 22.1 Å². The molecule has 0 aliphatic heterocycles. The minimum absolute atomic E-state index is 0.00314. The van der Waals surface area contributed by atoms with Gasteiger partial charge in [-0.3, -0.25) is 0 Å². The first kappa shape index (κ1) is 25.8. The molecule has 0 unspecified atom stereocenters. The van der Waals surface area contributed by atoms with Crippen molar-refractivity contribution in [1.82, 2.24) is 0 Å². The Morgan fingerprint density at radius 2 is 0.811 bits per heavy atom. The fourth-order valence-electron chi connectivity index (χ4n) is 4.71. The summed E-state index contributed by atoms with van der Waals surface area (Å²) in [4.78, 5) is 0. The van der Waals surface area contributed by atoms with Crippen LogP contribution < -0.4 is 3.69 Å². The van der Waals surface area contributed by atoms with E-state index in [0.717, 1.165) is 11.1 Å². The number of hydrogen-bond donors (Lipinski definition) is 0. The fraction of sp³-hybridized carbons (Fsp3) is 0.0714. The molecule has 0 aliphatic carbocycles. The van der Waals surface area contributed by atoms with Crippen LogP contribution in [0.25, 0.3) is 43.8 Å². The summed E-state index contributed by atoms with van der Waals surface area (Å²) >= 11 is -2.13. The van der Waals surface area contributed by atoms with Gasteiger partial charge in [0.05, 0.1) is 0 Å². The summed E-state index contributed by atoms with van der Waals surface area (Å²) in [5.41, 5.74) is 2.05. The van der Waals surface area contributed by atoms with Crippen molar-refractivity contribution in [3.8, 4) is 22.3 Å². The van der Waals surface area contributed by atoms with Crippen molar-refractivity contribution >= 4 is 53.6 Å². The maximum atomic E-state index is 15.6. The van der Waals surface area contributed by atoms with Gasteiger partial charge in [-0.2, -0.15) is 0 Å². The van der Waals surface area contributed by atoms with Gasteiger partial charge in [-0.05, 0) is 35.9 Å². The van der Waals surface area contributed by atoms with Crippen molar-refractivity contribution in [2.75, 3.05) is 0 Å². The van der Waals surface area contributed by atoms with Crippen LogP contribution in [-0.4, -0.2) is 19.3 Å². The largest absolute Gasteiger partial charge is 0.543 e. The minimum atomic E-state index is -2.20. The molecular weight excluding hydrogens is 529 g/mol. The number of halogens is 8. The molecule has 0 N–H and O–H groups in total. The van der Waals surface area contributed by atoms with Crippen LogP contribution in [0.4, 0.5) is 30.7 Å². The van der Waals surface area contributed by atoms with E-state index in [1.807, 2.05) is 0 Å². The zero-order valence-electron chi connectivity index (χ0n) is 19.3. The third-order valence-corrected chi connectivity index (χ3v) is 8.24.